The summed E-state index contributed by atoms with van der Waals surface area (Å²) in [5, 5.41) is 3.85. The van der Waals surface area contributed by atoms with Crippen LogP contribution < -0.4 is 9.47 Å². The second-order valence-electron chi connectivity index (χ2n) is 15.8. The van der Waals surface area contributed by atoms with E-state index >= 15 is 0 Å². The van der Waals surface area contributed by atoms with Gasteiger partial charge in [0.15, 0.2) is 6.79 Å². The lowest BCUT2D eigenvalue weighted by atomic mass is 9.87. The average Bonchev–Trinajstić information content (AvgIpc) is 3.11. The quantitative estimate of drug-likeness (QED) is 0.0428. The van der Waals surface area contributed by atoms with Gasteiger partial charge in [-0.3, -0.25) is 0 Å². The van der Waals surface area contributed by atoms with Crippen molar-refractivity contribution in [1.82, 2.24) is 5.06 Å². The number of piperidine rings is 1. The summed E-state index contributed by atoms with van der Waals surface area (Å²) in [4.78, 5) is 18.1. The predicted octanol–water partition coefficient (Wildman–Crippen LogP) is 9.76. The molecular formula is C43H57NO8Si. The molecule has 286 valence electrons. The van der Waals surface area contributed by atoms with Crippen LogP contribution in [-0.4, -0.2) is 70.7 Å². The summed E-state index contributed by atoms with van der Waals surface area (Å²) in [7, 11) is -1.13. The fraction of sp³-hybridized carbons (Fsp3) is 0.465. The number of benzene rings is 4. The highest BCUT2D eigenvalue weighted by Crippen LogP contribution is 2.33. The van der Waals surface area contributed by atoms with Crippen LogP contribution in [0.1, 0.15) is 56.2 Å². The van der Waals surface area contributed by atoms with Gasteiger partial charge in [0.25, 0.3) is 0 Å². The molecule has 0 spiro atoms. The van der Waals surface area contributed by atoms with Crippen LogP contribution >= 0.6 is 0 Å². The molecular weight excluding hydrogens is 687 g/mol. The average molecular weight is 744 g/mol. The Kier molecular flexibility index (Phi) is 14.7. The van der Waals surface area contributed by atoms with Crippen molar-refractivity contribution < 1.29 is 38.1 Å². The van der Waals surface area contributed by atoms with E-state index in [1.165, 1.54) is 5.56 Å². The van der Waals surface area contributed by atoms with E-state index in [1.54, 1.807) is 5.06 Å². The van der Waals surface area contributed by atoms with Gasteiger partial charge in [0.1, 0.15) is 17.1 Å². The van der Waals surface area contributed by atoms with Crippen LogP contribution in [0.15, 0.2) is 91.0 Å². The molecule has 1 fully saturated rings. The first-order chi connectivity index (χ1) is 25.4. The normalized spacial score (nSPS) is 16.7. The summed E-state index contributed by atoms with van der Waals surface area (Å²) in [6.07, 6.45) is 0.609. The zero-order valence-electron chi connectivity index (χ0n) is 32.3. The van der Waals surface area contributed by atoms with Crippen LogP contribution in [0, 0.1) is 0 Å². The number of nitrogens with zero attached hydrogens (tertiary/aromatic N) is 1. The van der Waals surface area contributed by atoms with E-state index in [9.17, 15) is 4.79 Å². The predicted molar refractivity (Wildman–Crippen MR) is 211 cm³/mol. The first kappa shape index (κ1) is 40.3. The molecule has 4 aromatic rings. The third-order valence-corrected chi connectivity index (χ3v) is 10.6. The summed E-state index contributed by atoms with van der Waals surface area (Å²) in [6, 6.07) is 32.0. The van der Waals surface area contributed by atoms with Crippen molar-refractivity contribution in [2.45, 2.75) is 90.1 Å². The first-order valence-electron chi connectivity index (χ1n) is 18.8. The third kappa shape index (κ3) is 14.1. The van der Waals surface area contributed by atoms with Crippen LogP contribution in [0.3, 0.4) is 0 Å². The number of fused-ring (bicyclic) bond motifs is 1. The number of carbonyl (C=O) groups is 1. The van der Waals surface area contributed by atoms with Crippen molar-refractivity contribution >= 4 is 25.0 Å². The molecule has 1 heterocycles. The molecule has 0 aromatic heterocycles. The van der Waals surface area contributed by atoms with Gasteiger partial charge < -0.3 is 33.3 Å². The van der Waals surface area contributed by atoms with Crippen LogP contribution in [0.25, 0.3) is 10.8 Å². The Balaban J connectivity index is 1.16. The maximum absolute atomic E-state index is 12.5. The summed E-state index contributed by atoms with van der Waals surface area (Å²) >= 11 is 0. The Morgan fingerprint density at radius 1 is 0.774 bits per heavy atom. The Hall–Kier alpha value is -3.93. The second-order valence-corrected chi connectivity index (χ2v) is 21.4. The fourth-order valence-corrected chi connectivity index (χ4v) is 6.78. The highest BCUT2D eigenvalue weighted by atomic mass is 28.3. The molecule has 0 radical (unpaired) electrons. The van der Waals surface area contributed by atoms with E-state index in [0.29, 0.717) is 39.5 Å². The van der Waals surface area contributed by atoms with Crippen LogP contribution in [0.4, 0.5) is 4.79 Å². The molecule has 5 rings (SSSR count). The first-order valence-corrected chi connectivity index (χ1v) is 22.5. The summed E-state index contributed by atoms with van der Waals surface area (Å²) in [5.74, 6) is 1.70. The van der Waals surface area contributed by atoms with E-state index in [-0.39, 0.29) is 18.8 Å². The van der Waals surface area contributed by atoms with E-state index in [4.69, 9.17) is 33.3 Å². The molecule has 0 N–H and O–H groups in total. The smallest absolute Gasteiger partial charge is 0.494 e. The topological polar surface area (TPSA) is 84.9 Å². The van der Waals surface area contributed by atoms with Gasteiger partial charge in [-0.25, -0.2) is 4.79 Å². The van der Waals surface area contributed by atoms with Gasteiger partial charge in [0.2, 0.25) is 0 Å². The van der Waals surface area contributed by atoms with Gasteiger partial charge >= 0.3 is 6.16 Å². The third-order valence-electron chi connectivity index (χ3n) is 8.88. The van der Waals surface area contributed by atoms with E-state index in [1.807, 2.05) is 63.2 Å². The highest BCUT2D eigenvalue weighted by molar-refractivity contribution is 6.76. The minimum atomic E-state index is -1.13. The lowest BCUT2D eigenvalue weighted by Gasteiger charge is -2.37. The molecule has 10 heteroatoms. The fourth-order valence-electron chi connectivity index (χ4n) is 6.02. The Labute approximate surface area is 316 Å². The highest BCUT2D eigenvalue weighted by Gasteiger charge is 2.34. The van der Waals surface area contributed by atoms with Crippen molar-refractivity contribution in [3.63, 3.8) is 0 Å². The van der Waals surface area contributed by atoms with Gasteiger partial charge in [0, 0.05) is 33.6 Å². The number of hydrogen-bond donors (Lipinski definition) is 0. The lowest BCUT2D eigenvalue weighted by molar-refractivity contribution is -0.179. The molecule has 9 nitrogen and oxygen atoms in total. The van der Waals surface area contributed by atoms with Crippen molar-refractivity contribution in [3.05, 3.63) is 108 Å². The summed E-state index contributed by atoms with van der Waals surface area (Å²) in [6.45, 7) is 16.7. The minimum absolute atomic E-state index is 0.0991. The molecule has 2 atom stereocenters. The minimum Gasteiger partial charge on any atom is -0.494 e. The largest absolute Gasteiger partial charge is 0.528 e. The zero-order valence-corrected chi connectivity index (χ0v) is 33.3. The summed E-state index contributed by atoms with van der Waals surface area (Å²) < 4.78 is 35.4. The van der Waals surface area contributed by atoms with Gasteiger partial charge in [0.05, 0.1) is 39.1 Å². The number of hydroxylamine groups is 2. The number of ether oxygens (including phenoxy) is 6. The maximum atomic E-state index is 12.5. The molecule has 0 bridgehead atoms. The Morgan fingerprint density at radius 2 is 1.51 bits per heavy atom. The van der Waals surface area contributed by atoms with Crippen molar-refractivity contribution in [1.29, 1.82) is 0 Å². The molecule has 0 aliphatic carbocycles. The van der Waals surface area contributed by atoms with Crippen molar-refractivity contribution in [2.24, 2.45) is 0 Å². The molecule has 1 aliphatic rings. The molecule has 4 aromatic carbocycles. The monoisotopic (exact) mass is 743 g/mol. The van der Waals surface area contributed by atoms with E-state index in [2.05, 4.69) is 68.2 Å². The van der Waals surface area contributed by atoms with Crippen LogP contribution in [-0.2, 0) is 37.0 Å². The van der Waals surface area contributed by atoms with E-state index < -0.39 is 19.8 Å². The van der Waals surface area contributed by atoms with Gasteiger partial charge in [-0.2, -0.15) is 0 Å². The zero-order chi connectivity index (χ0) is 37.7. The second kappa shape index (κ2) is 19.4. The standard InChI is InChI=1S/C43H57NO8Si/c1-43(2,3)51-42(45)52-44-22-21-40(35-15-18-38(19-16-35)48-24-10-23-46-30-33-11-8-7-9-12-33)41(29-44)49-31-34-13-14-37-28-39(20-17-36(37)27-34)50-32-47-25-26-53(4,5)6/h7-9,11-20,27-28,40-41H,10,21-26,29-32H2,1-6H3. The van der Waals surface area contributed by atoms with Gasteiger partial charge in [-0.05, 0) is 91.0 Å². The molecule has 2 unspecified atom stereocenters. The van der Waals surface area contributed by atoms with Gasteiger partial charge in [-0.15, -0.1) is 5.06 Å². The molecule has 1 saturated heterocycles. The Bertz CT molecular complexity index is 1700. The van der Waals surface area contributed by atoms with Crippen LogP contribution in [0.2, 0.25) is 25.7 Å². The van der Waals surface area contributed by atoms with Crippen molar-refractivity contribution in [2.75, 3.05) is 39.7 Å². The SMILES string of the molecule is CC(C)(C)OC(=O)ON1CCC(c2ccc(OCCCOCc3ccccc3)cc2)C(OCc2ccc3cc(OCOCC[Si](C)(C)C)ccc3c2)C1. The summed E-state index contributed by atoms with van der Waals surface area (Å²) in [5.41, 5.74) is 2.73. The van der Waals surface area contributed by atoms with Crippen molar-refractivity contribution in [3.8, 4) is 11.5 Å². The number of carbonyl (C=O) groups excluding carboxylic acids is 1. The maximum Gasteiger partial charge on any atom is 0.528 e. The molecule has 0 amide bonds. The van der Waals surface area contributed by atoms with Gasteiger partial charge in [-0.1, -0.05) is 80.3 Å². The number of rotatable bonds is 18. The van der Waals surface area contributed by atoms with Crippen LogP contribution in [0.5, 0.6) is 11.5 Å². The van der Waals surface area contributed by atoms with E-state index in [0.717, 1.165) is 58.9 Å². The number of hydrogen-bond acceptors (Lipinski definition) is 9. The molecule has 0 saturated carbocycles. The Morgan fingerprint density at radius 3 is 2.26 bits per heavy atom. The molecule has 53 heavy (non-hydrogen) atoms. The lowest BCUT2D eigenvalue weighted by Crippen LogP contribution is -2.45. The molecule has 1 aliphatic heterocycles.